The molecule has 158 valence electrons. The number of carbonyl (C=O) groups excluding carboxylic acids is 1. The Labute approximate surface area is 168 Å². The molecule has 0 aliphatic heterocycles. The molecule has 1 amide bonds. The molecule has 1 fully saturated rings. The van der Waals surface area contributed by atoms with Gasteiger partial charge in [0.2, 0.25) is 5.89 Å². The number of rotatable bonds is 9. The third-order valence-corrected chi connectivity index (χ3v) is 5.54. The Morgan fingerprint density at radius 1 is 1.45 bits per heavy atom. The Morgan fingerprint density at radius 3 is 2.72 bits per heavy atom. The largest absolute Gasteiger partial charge is 0.490 e. The molecule has 0 bridgehead atoms. The molecule has 1 N–H and O–H groups in total. The van der Waals surface area contributed by atoms with Crippen LogP contribution in [-0.4, -0.2) is 54.7 Å². The van der Waals surface area contributed by atoms with Crippen molar-refractivity contribution in [1.29, 1.82) is 0 Å². The molecule has 0 radical (unpaired) electrons. The molecule has 1 aliphatic rings. The van der Waals surface area contributed by atoms with Gasteiger partial charge in [0, 0.05) is 31.0 Å². The molecule has 0 saturated heterocycles. The monoisotopic (exact) mass is 426 g/mol. The van der Waals surface area contributed by atoms with Gasteiger partial charge in [-0.25, -0.2) is 12.8 Å². The zero-order valence-corrected chi connectivity index (χ0v) is 17.3. The van der Waals surface area contributed by atoms with E-state index < -0.39 is 33.7 Å². The Bertz CT molecular complexity index is 1010. The third-order valence-electron chi connectivity index (χ3n) is 4.44. The summed E-state index contributed by atoms with van der Waals surface area (Å²) in [6, 6.07) is 1.45. The highest BCUT2D eigenvalue weighted by atomic mass is 32.2. The van der Waals surface area contributed by atoms with Crippen molar-refractivity contribution in [2.24, 2.45) is 0 Å². The number of sulfone groups is 1. The minimum Gasteiger partial charge on any atom is -0.490 e. The van der Waals surface area contributed by atoms with Crippen molar-refractivity contribution in [2.75, 3.05) is 25.3 Å². The van der Waals surface area contributed by atoms with E-state index in [0.29, 0.717) is 11.7 Å². The Hall–Kier alpha value is -2.56. The van der Waals surface area contributed by atoms with Crippen LogP contribution >= 0.6 is 0 Å². The lowest BCUT2D eigenvalue weighted by Crippen LogP contribution is -2.49. The van der Waals surface area contributed by atoms with E-state index in [-0.39, 0.29) is 24.0 Å². The maximum atomic E-state index is 12.9. The van der Waals surface area contributed by atoms with Gasteiger partial charge in [0.1, 0.15) is 40.1 Å². The summed E-state index contributed by atoms with van der Waals surface area (Å²) in [5.41, 5.74) is -0.579. The van der Waals surface area contributed by atoms with Crippen LogP contribution in [0, 0.1) is 6.92 Å². The lowest BCUT2D eigenvalue weighted by atomic mass is 10.0. The summed E-state index contributed by atoms with van der Waals surface area (Å²) in [4.78, 5) is 21.1. The van der Waals surface area contributed by atoms with E-state index in [9.17, 15) is 17.6 Å². The minimum atomic E-state index is -3.50. The Kier molecular flexibility index (Phi) is 5.87. The molecule has 2 heterocycles. The van der Waals surface area contributed by atoms with Gasteiger partial charge in [-0.15, -0.1) is 0 Å². The third kappa shape index (κ3) is 5.28. The van der Waals surface area contributed by atoms with Crippen LogP contribution in [0.15, 0.2) is 16.8 Å². The van der Waals surface area contributed by atoms with E-state index in [2.05, 4.69) is 20.4 Å². The summed E-state index contributed by atoms with van der Waals surface area (Å²) in [7, 11) is -3.50. The summed E-state index contributed by atoms with van der Waals surface area (Å²) in [5.74, 6) is -0.0838. The topological polar surface area (TPSA) is 124 Å². The van der Waals surface area contributed by atoms with Crippen LogP contribution in [0.2, 0.25) is 0 Å². The highest BCUT2D eigenvalue weighted by molar-refractivity contribution is 7.90. The zero-order valence-electron chi connectivity index (χ0n) is 16.4. The van der Waals surface area contributed by atoms with Gasteiger partial charge in [-0.05, 0) is 25.7 Å². The van der Waals surface area contributed by atoms with Crippen LogP contribution in [0.4, 0.5) is 4.39 Å². The van der Waals surface area contributed by atoms with Crippen molar-refractivity contribution in [3.63, 3.8) is 0 Å². The van der Waals surface area contributed by atoms with Gasteiger partial charge < -0.3 is 14.6 Å². The Morgan fingerprint density at radius 2 is 2.17 bits per heavy atom. The van der Waals surface area contributed by atoms with Gasteiger partial charge in [0.15, 0.2) is 5.82 Å². The van der Waals surface area contributed by atoms with Gasteiger partial charge in [-0.3, -0.25) is 9.78 Å². The van der Waals surface area contributed by atoms with Crippen molar-refractivity contribution in [1.82, 2.24) is 20.4 Å². The smallest absolute Gasteiger partial charge is 0.270 e. The molecule has 2 aromatic rings. The van der Waals surface area contributed by atoms with Crippen LogP contribution in [0.3, 0.4) is 0 Å². The molecule has 11 heteroatoms. The number of amides is 1. The SMILES string of the molecule is Cc1nc(C(C)(CS(C)(=O)=O)NC(=O)c2cc(OCCF)c(C3CC3)cn2)no1. The van der Waals surface area contributed by atoms with E-state index >= 15 is 0 Å². The molecule has 1 unspecified atom stereocenters. The first kappa shape index (κ1) is 21.2. The second-order valence-electron chi connectivity index (χ2n) is 7.41. The van der Waals surface area contributed by atoms with E-state index in [4.69, 9.17) is 9.26 Å². The van der Waals surface area contributed by atoms with Gasteiger partial charge in [-0.2, -0.15) is 4.98 Å². The number of nitrogens with zero attached hydrogens (tertiary/aromatic N) is 3. The summed E-state index contributed by atoms with van der Waals surface area (Å²) < 4.78 is 46.8. The van der Waals surface area contributed by atoms with Gasteiger partial charge >= 0.3 is 0 Å². The predicted molar refractivity (Wildman–Crippen MR) is 101 cm³/mol. The molecule has 1 saturated carbocycles. The number of nitrogens with one attached hydrogen (secondary N) is 1. The minimum absolute atomic E-state index is 0.0169. The van der Waals surface area contributed by atoms with Crippen molar-refractivity contribution in [3.8, 4) is 5.75 Å². The van der Waals surface area contributed by atoms with Gasteiger partial charge in [0.25, 0.3) is 5.91 Å². The number of ether oxygens (including phenoxy) is 1. The van der Waals surface area contributed by atoms with E-state index in [1.807, 2.05) is 0 Å². The van der Waals surface area contributed by atoms with Crippen molar-refractivity contribution < 1.29 is 26.9 Å². The first-order valence-electron chi connectivity index (χ1n) is 9.11. The molecule has 3 rings (SSSR count). The second-order valence-corrected chi connectivity index (χ2v) is 9.55. The predicted octanol–water partition coefficient (Wildman–Crippen LogP) is 1.69. The van der Waals surface area contributed by atoms with Crippen molar-refractivity contribution in [2.45, 2.75) is 38.1 Å². The average Bonchev–Trinajstić information content (AvgIpc) is 3.38. The summed E-state index contributed by atoms with van der Waals surface area (Å²) in [6.45, 7) is 2.28. The number of hydrogen-bond donors (Lipinski definition) is 1. The van der Waals surface area contributed by atoms with Crippen LogP contribution in [0.5, 0.6) is 5.75 Å². The number of carbonyl (C=O) groups is 1. The molecule has 1 atom stereocenters. The molecular weight excluding hydrogens is 403 g/mol. The van der Waals surface area contributed by atoms with E-state index in [0.717, 1.165) is 24.7 Å². The van der Waals surface area contributed by atoms with E-state index in [1.54, 1.807) is 13.1 Å². The lowest BCUT2D eigenvalue weighted by Gasteiger charge is -2.26. The molecule has 29 heavy (non-hydrogen) atoms. The number of hydrogen-bond acceptors (Lipinski definition) is 8. The number of pyridine rings is 1. The van der Waals surface area contributed by atoms with Crippen molar-refractivity contribution >= 4 is 15.7 Å². The lowest BCUT2D eigenvalue weighted by molar-refractivity contribution is 0.0903. The van der Waals surface area contributed by atoms with Crippen LogP contribution in [-0.2, 0) is 15.4 Å². The number of alkyl halides is 1. The highest BCUT2D eigenvalue weighted by Crippen LogP contribution is 2.44. The number of halogens is 1. The summed E-state index contributed by atoms with van der Waals surface area (Å²) >= 11 is 0. The van der Waals surface area contributed by atoms with E-state index in [1.165, 1.54) is 13.0 Å². The standard InChI is InChI=1S/C18H23FN4O5S/c1-11-21-17(23-28-11)18(2,10-29(3,25)26)22-16(24)14-8-15(27-7-6-19)13(9-20-14)12-4-5-12/h8-9,12H,4-7,10H2,1-3H3,(H,22,24). The highest BCUT2D eigenvalue weighted by Gasteiger charge is 2.38. The molecule has 0 spiro atoms. The Balaban J connectivity index is 1.89. The maximum Gasteiger partial charge on any atom is 0.270 e. The molecule has 1 aliphatic carbocycles. The normalized spacial score (nSPS) is 16.3. The maximum absolute atomic E-state index is 12.9. The molecule has 9 nitrogen and oxygen atoms in total. The van der Waals surface area contributed by atoms with Gasteiger partial charge in [0.05, 0.1) is 5.75 Å². The molecule has 0 aromatic carbocycles. The quantitative estimate of drug-likeness (QED) is 0.642. The van der Waals surface area contributed by atoms with Crippen LogP contribution in [0.25, 0.3) is 0 Å². The summed E-state index contributed by atoms with van der Waals surface area (Å²) in [6.07, 6.45) is 4.58. The number of aromatic nitrogens is 3. The van der Waals surface area contributed by atoms with Crippen LogP contribution in [0.1, 0.15) is 53.5 Å². The zero-order chi connectivity index (χ0) is 21.2. The van der Waals surface area contributed by atoms with Crippen LogP contribution < -0.4 is 10.1 Å². The van der Waals surface area contributed by atoms with Crippen molar-refractivity contribution in [3.05, 3.63) is 35.2 Å². The first-order valence-corrected chi connectivity index (χ1v) is 11.2. The number of aryl methyl sites for hydroxylation is 1. The first-order chi connectivity index (χ1) is 13.6. The fraction of sp³-hybridized carbons (Fsp3) is 0.556. The molecule has 2 aromatic heterocycles. The fourth-order valence-electron chi connectivity index (χ4n) is 3.07. The molecular formula is C18H23FN4O5S. The fourth-order valence-corrected chi connectivity index (χ4v) is 4.32. The van der Waals surface area contributed by atoms with Gasteiger partial charge in [-0.1, -0.05) is 5.16 Å². The summed E-state index contributed by atoms with van der Waals surface area (Å²) in [5, 5.41) is 6.42. The second kappa shape index (κ2) is 8.05. The average molecular weight is 426 g/mol.